The molecule has 0 unspecified atom stereocenters. The van der Waals surface area contributed by atoms with Gasteiger partial charge in [-0.1, -0.05) is 0 Å². The molecule has 3 heterocycles. The number of nitrogens with one attached hydrogen (secondary N) is 3. The molecule has 3 aliphatic heterocycles. The van der Waals surface area contributed by atoms with E-state index in [2.05, 4.69) is 25.6 Å². The molecule has 2 aromatic rings. The Kier molecular flexibility index (Phi) is 6.21. The second-order valence-electron chi connectivity index (χ2n) is 8.58. The number of amides is 2. The minimum atomic E-state index is -4.73. The Bertz CT molecular complexity index is 1610. The summed E-state index contributed by atoms with van der Waals surface area (Å²) in [5, 5.41) is 7.58. The number of hydrogen-bond acceptors (Lipinski definition) is 5. The smallest absolute Gasteiger partial charge is 0.369 e. The molecule has 3 N–H and O–H groups in total. The molecule has 0 saturated heterocycles. The lowest BCUT2D eigenvalue weighted by Gasteiger charge is -2.19. The normalized spacial score (nSPS) is 13.4. The maximum absolute atomic E-state index is 14.8. The fraction of sp³-hybridized carbons (Fsp3) is 0.200. The topological polar surface area (TPSA) is 96.2 Å². The largest absolute Gasteiger partial charge is 0.416 e. The van der Waals surface area contributed by atoms with Crippen LogP contribution < -0.4 is 21.6 Å². The molecular weight excluding hydrogens is 509 g/mol. The quantitative estimate of drug-likeness (QED) is 0.316. The van der Waals surface area contributed by atoms with E-state index in [-0.39, 0.29) is 5.69 Å². The molecule has 0 saturated carbocycles. The molecule has 196 valence electrons. The van der Waals surface area contributed by atoms with Crippen molar-refractivity contribution < 1.29 is 26.7 Å². The standard InChI is InChI=1S/C25H20F5N7O/c1-12-7-18(27)20(35-24(38)34-19-9-14(25(28,29)30)3-4-17(19)26)10-15(12)16-8-13-11-33-23(31-2)36-21(13)37-6-5-32-22(16)37/h3-4,7-11,32H,5-6H2,1-2H3,(H2,34,35,38). The van der Waals surface area contributed by atoms with Gasteiger partial charge in [0.2, 0.25) is 5.62 Å². The SMILES string of the molecule is CN=c1ncc2cc(-c3cc(NC(=O)Nc4cc(C(F)(F)F)ccc4F)c(F)cc3C)c3n(c-2n1)CCN3. The summed E-state index contributed by atoms with van der Waals surface area (Å²) in [6.07, 6.45) is -3.10. The summed E-state index contributed by atoms with van der Waals surface area (Å²) in [5.74, 6) is -0.449. The van der Waals surface area contributed by atoms with Gasteiger partial charge in [0, 0.05) is 37.5 Å². The molecule has 0 aliphatic carbocycles. The van der Waals surface area contributed by atoms with Crippen molar-refractivity contribution in [2.75, 3.05) is 29.5 Å². The van der Waals surface area contributed by atoms with Crippen LogP contribution in [0.1, 0.15) is 11.1 Å². The van der Waals surface area contributed by atoms with Crippen molar-refractivity contribution in [3.8, 4) is 22.5 Å². The molecule has 38 heavy (non-hydrogen) atoms. The number of aryl methyl sites for hydroxylation is 1. The Labute approximate surface area is 212 Å². The number of fused-ring (bicyclic) bond motifs is 3. The van der Waals surface area contributed by atoms with Crippen molar-refractivity contribution in [3.63, 3.8) is 0 Å². The van der Waals surface area contributed by atoms with Crippen LogP contribution in [0.25, 0.3) is 22.5 Å². The molecule has 0 fully saturated rings. The minimum Gasteiger partial charge on any atom is -0.369 e. The number of carbonyl (C=O) groups excluding carboxylic acids is 1. The Hall–Kier alpha value is -4.55. The van der Waals surface area contributed by atoms with Gasteiger partial charge in [-0.25, -0.2) is 18.6 Å². The van der Waals surface area contributed by atoms with E-state index < -0.39 is 35.1 Å². The van der Waals surface area contributed by atoms with Crippen LogP contribution in [0.15, 0.2) is 47.6 Å². The molecule has 8 nitrogen and oxygen atoms in total. The van der Waals surface area contributed by atoms with Gasteiger partial charge in [0.15, 0.2) is 0 Å². The van der Waals surface area contributed by atoms with Crippen molar-refractivity contribution >= 4 is 23.2 Å². The van der Waals surface area contributed by atoms with Crippen LogP contribution in [0.4, 0.5) is 43.9 Å². The number of hydrogen-bond donors (Lipinski definition) is 3. The average Bonchev–Trinajstić information content (AvgIpc) is 3.36. The van der Waals surface area contributed by atoms with Crippen molar-refractivity contribution in [3.05, 3.63) is 71.0 Å². The molecule has 0 bridgehead atoms. The highest BCUT2D eigenvalue weighted by Crippen LogP contribution is 2.39. The third-order valence-electron chi connectivity index (χ3n) is 6.09. The van der Waals surface area contributed by atoms with E-state index >= 15 is 0 Å². The summed E-state index contributed by atoms with van der Waals surface area (Å²) in [6.45, 7) is 2.95. The van der Waals surface area contributed by atoms with Crippen LogP contribution in [0, 0.1) is 18.6 Å². The zero-order valence-electron chi connectivity index (χ0n) is 20.0. The lowest BCUT2D eigenvalue weighted by Crippen LogP contribution is -2.21. The molecule has 0 aromatic heterocycles. The molecule has 2 aromatic carbocycles. The predicted molar refractivity (Wildman–Crippen MR) is 131 cm³/mol. The highest BCUT2D eigenvalue weighted by atomic mass is 19.4. The van der Waals surface area contributed by atoms with Crippen LogP contribution in [0.2, 0.25) is 0 Å². The molecule has 0 spiro atoms. The third kappa shape index (κ3) is 4.62. The predicted octanol–water partition coefficient (Wildman–Crippen LogP) is 5.26. The summed E-state index contributed by atoms with van der Waals surface area (Å²) in [7, 11) is 1.59. The lowest BCUT2D eigenvalue weighted by atomic mass is 9.98. The first-order valence-corrected chi connectivity index (χ1v) is 11.4. The second kappa shape index (κ2) is 9.39. The first-order chi connectivity index (χ1) is 18.0. The molecular formula is C25H20F5N7O. The summed E-state index contributed by atoms with van der Waals surface area (Å²) in [6, 6.07) is 4.97. The lowest BCUT2D eigenvalue weighted by molar-refractivity contribution is -0.137. The number of aromatic nitrogens is 3. The number of carbonyl (C=O) groups is 1. The number of halogens is 5. The molecule has 5 rings (SSSR count). The van der Waals surface area contributed by atoms with Crippen LogP contribution >= 0.6 is 0 Å². The number of alkyl halides is 3. The number of pyridine rings is 1. The average molecular weight is 529 g/mol. The van der Waals surface area contributed by atoms with Crippen molar-refractivity contribution in [2.45, 2.75) is 19.6 Å². The van der Waals surface area contributed by atoms with E-state index in [0.717, 1.165) is 11.4 Å². The van der Waals surface area contributed by atoms with Crippen molar-refractivity contribution in [1.29, 1.82) is 0 Å². The van der Waals surface area contributed by atoms with E-state index in [1.165, 1.54) is 12.1 Å². The van der Waals surface area contributed by atoms with Crippen LogP contribution in [0.5, 0.6) is 0 Å². The second-order valence-corrected chi connectivity index (χ2v) is 8.58. The Morgan fingerprint density at radius 2 is 1.79 bits per heavy atom. The monoisotopic (exact) mass is 529 g/mol. The van der Waals surface area contributed by atoms with Gasteiger partial charge in [0.05, 0.1) is 16.9 Å². The van der Waals surface area contributed by atoms with E-state index in [1.54, 1.807) is 20.2 Å². The van der Waals surface area contributed by atoms with Gasteiger partial charge in [0.1, 0.15) is 23.3 Å². The molecule has 2 amide bonds. The van der Waals surface area contributed by atoms with Crippen LogP contribution in [0.3, 0.4) is 0 Å². The fourth-order valence-corrected chi connectivity index (χ4v) is 4.31. The van der Waals surface area contributed by atoms with E-state index in [0.29, 0.717) is 59.4 Å². The summed E-state index contributed by atoms with van der Waals surface area (Å²) in [4.78, 5) is 25.2. The summed E-state index contributed by atoms with van der Waals surface area (Å²) in [5.41, 5.74) is 0.808. The molecule has 3 aliphatic rings. The molecule has 0 radical (unpaired) electrons. The zero-order chi connectivity index (χ0) is 27.2. The Balaban J connectivity index is 1.51. The van der Waals surface area contributed by atoms with E-state index in [1.807, 2.05) is 16.0 Å². The fourth-order valence-electron chi connectivity index (χ4n) is 4.31. The first kappa shape index (κ1) is 25.1. The highest BCUT2D eigenvalue weighted by molar-refractivity contribution is 6.00. The van der Waals surface area contributed by atoms with Gasteiger partial charge in [-0.05, 0) is 54.4 Å². The third-order valence-corrected chi connectivity index (χ3v) is 6.09. The van der Waals surface area contributed by atoms with Crippen molar-refractivity contribution in [2.24, 2.45) is 4.99 Å². The number of rotatable bonds is 3. The van der Waals surface area contributed by atoms with Crippen LogP contribution in [-0.4, -0.2) is 34.2 Å². The maximum Gasteiger partial charge on any atom is 0.416 e. The van der Waals surface area contributed by atoms with Gasteiger partial charge in [-0.3, -0.25) is 4.99 Å². The molecule has 0 atom stereocenters. The summed E-state index contributed by atoms with van der Waals surface area (Å²) < 4.78 is 69.8. The Morgan fingerprint density at radius 1 is 1.05 bits per heavy atom. The maximum atomic E-state index is 14.8. The van der Waals surface area contributed by atoms with Crippen LogP contribution in [-0.2, 0) is 12.7 Å². The highest BCUT2D eigenvalue weighted by Gasteiger charge is 2.31. The number of anilines is 3. The number of benzene rings is 2. The summed E-state index contributed by atoms with van der Waals surface area (Å²) >= 11 is 0. The molecule has 13 heteroatoms. The number of urea groups is 1. The number of nitrogens with zero attached hydrogens (tertiary/aromatic N) is 4. The first-order valence-electron chi connectivity index (χ1n) is 11.4. The van der Waals surface area contributed by atoms with Gasteiger partial charge >= 0.3 is 12.2 Å². The van der Waals surface area contributed by atoms with Gasteiger partial charge in [-0.15, -0.1) is 0 Å². The van der Waals surface area contributed by atoms with E-state index in [9.17, 15) is 26.7 Å². The minimum absolute atomic E-state index is 0.247. The van der Waals surface area contributed by atoms with Gasteiger partial charge < -0.3 is 20.5 Å². The van der Waals surface area contributed by atoms with E-state index in [4.69, 9.17) is 0 Å². The Morgan fingerprint density at radius 3 is 2.50 bits per heavy atom. The van der Waals surface area contributed by atoms with Gasteiger partial charge in [0.25, 0.3) is 0 Å². The van der Waals surface area contributed by atoms with Crippen molar-refractivity contribution in [1.82, 2.24) is 14.5 Å². The zero-order valence-corrected chi connectivity index (χ0v) is 20.0. The van der Waals surface area contributed by atoms with Gasteiger partial charge in [-0.2, -0.15) is 18.2 Å².